The molecule has 2 aromatic rings. The maximum absolute atomic E-state index is 12.0. The molecule has 5 heteroatoms. The summed E-state index contributed by atoms with van der Waals surface area (Å²) in [6.07, 6.45) is 1.73. The standard InChI is InChI=1S/C16H19NO3S/c1-11(13(18)10-12-6-4-3-5-7-12)17-16(19)14-8-9-15(20-14)21-2/h3-9,11,13,18H,10H2,1-2H3,(H,17,19). The molecule has 21 heavy (non-hydrogen) atoms. The molecule has 1 aromatic heterocycles. The summed E-state index contributed by atoms with van der Waals surface area (Å²) in [7, 11) is 0. The van der Waals surface area contributed by atoms with E-state index in [1.807, 2.05) is 36.6 Å². The molecule has 1 aromatic carbocycles. The summed E-state index contributed by atoms with van der Waals surface area (Å²) in [4.78, 5) is 12.0. The Hall–Kier alpha value is -1.72. The van der Waals surface area contributed by atoms with Gasteiger partial charge in [-0.05, 0) is 30.9 Å². The summed E-state index contributed by atoms with van der Waals surface area (Å²) in [6.45, 7) is 1.78. The van der Waals surface area contributed by atoms with Gasteiger partial charge in [-0.25, -0.2) is 0 Å². The molecule has 2 N–H and O–H groups in total. The molecular weight excluding hydrogens is 286 g/mol. The van der Waals surface area contributed by atoms with Crippen LogP contribution in [-0.4, -0.2) is 29.4 Å². The number of aliphatic hydroxyl groups is 1. The van der Waals surface area contributed by atoms with Crippen molar-refractivity contribution in [2.75, 3.05) is 6.26 Å². The highest BCUT2D eigenvalue weighted by atomic mass is 32.2. The van der Waals surface area contributed by atoms with Crippen LogP contribution < -0.4 is 5.32 Å². The Morgan fingerprint density at radius 1 is 1.29 bits per heavy atom. The molecule has 0 aliphatic rings. The van der Waals surface area contributed by atoms with E-state index in [0.29, 0.717) is 11.5 Å². The fraction of sp³-hybridized carbons (Fsp3) is 0.312. The number of nitrogens with one attached hydrogen (secondary N) is 1. The first kappa shape index (κ1) is 15.7. The third-order valence-electron chi connectivity index (χ3n) is 3.23. The fourth-order valence-corrected chi connectivity index (χ4v) is 2.34. The van der Waals surface area contributed by atoms with E-state index in [9.17, 15) is 9.90 Å². The van der Waals surface area contributed by atoms with Crippen LogP contribution in [0.4, 0.5) is 0 Å². The zero-order valence-electron chi connectivity index (χ0n) is 12.1. The van der Waals surface area contributed by atoms with Gasteiger partial charge in [-0.3, -0.25) is 4.79 Å². The minimum Gasteiger partial charge on any atom is -0.445 e. The molecule has 1 heterocycles. The first-order valence-electron chi connectivity index (χ1n) is 6.77. The van der Waals surface area contributed by atoms with Crippen molar-refractivity contribution in [1.29, 1.82) is 0 Å². The minimum atomic E-state index is -0.647. The number of hydrogen-bond donors (Lipinski definition) is 2. The van der Waals surface area contributed by atoms with Crippen LogP contribution in [-0.2, 0) is 6.42 Å². The maximum Gasteiger partial charge on any atom is 0.287 e. The van der Waals surface area contributed by atoms with Crippen LogP contribution in [0.3, 0.4) is 0 Å². The molecule has 0 fully saturated rings. The molecule has 0 saturated heterocycles. The van der Waals surface area contributed by atoms with E-state index >= 15 is 0 Å². The van der Waals surface area contributed by atoms with Gasteiger partial charge < -0.3 is 14.8 Å². The Morgan fingerprint density at radius 2 is 2.00 bits per heavy atom. The number of carbonyl (C=O) groups is 1. The van der Waals surface area contributed by atoms with Crippen LogP contribution in [0.15, 0.2) is 52.0 Å². The van der Waals surface area contributed by atoms with Crippen LogP contribution in [0.25, 0.3) is 0 Å². The van der Waals surface area contributed by atoms with Crippen molar-refractivity contribution in [1.82, 2.24) is 5.32 Å². The van der Waals surface area contributed by atoms with Gasteiger partial charge in [-0.2, -0.15) is 0 Å². The first-order chi connectivity index (χ1) is 10.1. The Kier molecular flexibility index (Phi) is 5.47. The number of benzene rings is 1. The van der Waals surface area contributed by atoms with E-state index in [1.54, 1.807) is 19.1 Å². The van der Waals surface area contributed by atoms with Crippen molar-refractivity contribution in [3.63, 3.8) is 0 Å². The average molecular weight is 305 g/mol. The van der Waals surface area contributed by atoms with E-state index in [1.165, 1.54) is 11.8 Å². The normalized spacial score (nSPS) is 13.7. The topological polar surface area (TPSA) is 62.5 Å². The highest BCUT2D eigenvalue weighted by Crippen LogP contribution is 2.18. The molecule has 0 spiro atoms. The second kappa shape index (κ2) is 7.33. The van der Waals surface area contributed by atoms with E-state index in [4.69, 9.17) is 4.42 Å². The van der Waals surface area contributed by atoms with Crippen LogP contribution in [0.5, 0.6) is 0 Å². The van der Waals surface area contributed by atoms with Gasteiger partial charge in [0.05, 0.1) is 12.1 Å². The highest BCUT2D eigenvalue weighted by Gasteiger charge is 2.19. The molecule has 2 unspecified atom stereocenters. The van der Waals surface area contributed by atoms with Crippen molar-refractivity contribution < 1.29 is 14.3 Å². The van der Waals surface area contributed by atoms with Crippen molar-refractivity contribution in [2.45, 2.75) is 30.6 Å². The van der Waals surface area contributed by atoms with Gasteiger partial charge in [0.1, 0.15) is 0 Å². The molecule has 0 aliphatic heterocycles. The Bertz CT molecular complexity index is 582. The Balaban J connectivity index is 1.91. The average Bonchev–Trinajstić information content (AvgIpc) is 2.97. The number of hydrogen-bond acceptors (Lipinski definition) is 4. The van der Waals surface area contributed by atoms with E-state index in [0.717, 1.165) is 5.56 Å². The lowest BCUT2D eigenvalue weighted by atomic mass is 10.0. The lowest BCUT2D eigenvalue weighted by Gasteiger charge is -2.19. The third-order valence-corrected chi connectivity index (χ3v) is 3.85. The number of furan rings is 1. The SMILES string of the molecule is CSc1ccc(C(=O)NC(C)C(O)Cc2ccccc2)o1. The number of amides is 1. The monoisotopic (exact) mass is 305 g/mol. The molecule has 0 saturated carbocycles. The predicted molar refractivity (Wildman–Crippen MR) is 83.6 cm³/mol. The minimum absolute atomic E-state index is 0.262. The van der Waals surface area contributed by atoms with Gasteiger partial charge in [0.2, 0.25) is 0 Å². The molecule has 2 rings (SSSR count). The van der Waals surface area contributed by atoms with Crippen molar-refractivity contribution in [3.05, 3.63) is 53.8 Å². The molecule has 0 aliphatic carbocycles. The van der Waals surface area contributed by atoms with Gasteiger partial charge in [0, 0.05) is 6.42 Å². The number of aliphatic hydroxyl groups excluding tert-OH is 1. The van der Waals surface area contributed by atoms with E-state index < -0.39 is 6.10 Å². The summed E-state index contributed by atoms with van der Waals surface area (Å²) >= 11 is 1.44. The highest BCUT2D eigenvalue weighted by molar-refractivity contribution is 7.98. The lowest BCUT2D eigenvalue weighted by Crippen LogP contribution is -2.42. The summed E-state index contributed by atoms with van der Waals surface area (Å²) in [5.74, 6) is -0.0481. The van der Waals surface area contributed by atoms with Gasteiger partial charge in [0.25, 0.3) is 5.91 Å². The van der Waals surface area contributed by atoms with Gasteiger partial charge in [0.15, 0.2) is 10.9 Å². The van der Waals surface area contributed by atoms with Crippen LogP contribution in [0.1, 0.15) is 23.0 Å². The molecular formula is C16H19NO3S. The molecule has 0 radical (unpaired) electrons. The van der Waals surface area contributed by atoms with Crippen molar-refractivity contribution in [3.8, 4) is 0 Å². The van der Waals surface area contributed by atoms with Crippen molar-refractivity contribution in [2.24, 2.45) is 0 Å². The van der Waals surface area contributed by atoms with Gasteiger partial charge in [-0.15, -0.1) is 0 Å². The summed E-state index contributed by atoms with van der Waals surface area (Å²) in [6, 6.07) is 12.7. The summed E-state index contributed by atoms with van der Waals surface area (Å²) in [5.41, 5.74) is 1.04. The molecule has 2 atom stereocenters. The van der Waals surface area contributed by atoms with Crippen LogP contribution >= 0.6 is 11.8 Å². The Morgan fingerprint density at radius 3 is 2.62 bits per heavy atom. The number of carbonyl (C=O) groups excluding carboxylic acids is 1. The second-order valence-electron chi connectivity index (χ2n) is 4.84. The summed E-state index contributed by atoms with van der Waals surface area (Å²) in [5, 5.41) is 13.6. The predicted octanol–water partition coefficient (Wildman–Crippen LogP) is 2.72. The fourth-order valence-electron chi connectivity index (χ4n) is 1.96. The largest absolute Gasteiger partial charge is 0.445 e. The van der Waals surface area contributed by atoms with E-state index in [-0.39, 0.29) is 17.7 Å². The zero-order chi connectivity index (χ0) is 15.2. The first-order valence-corrected chi connectivity index (χ1v) is 7.99. The lowest BCUT2D eigenvalue weighted by molar-refractivity contribution is 0.0821. The van der Waals surface area contributed by atoms with E-state index in [2.05, 4.69) is 5.32 Å². The molecule has 1 amide bonds. The quantitative estimate of drug-likeness (QED) is 0.806. The van der Waals surface area contributed by atoms with Crippen molar-refractivity contribution >= 4 is 17.7 Å². The number of rotatable bonds is 6. The van der Waals surface area contributed by atoms with Crippen LogP contribution in [0, 0.1) is 0 Å². The molecule has 4 nitrogen and oxygen atoms in total. The maximum atomic E-state index is 12.0. The van der Waals surface area contributed by atoms with Gasteiger partial charge in [-0.1, -0.05) is 42.1 Å². The molecule has 112 valence electrons. The molecule has 0 bridgehead atoms. The second-order valence-corrected chi connectivity index (χ2v) is 5.65. The summed E-state index contributed by atoms with van der Waals surface area (Å²) < 4.78 is 5.36. The van der Waals surface area contributed by atoms with Crippen LogP contribution in [0.2, 0.25) is 0 Å². The smallest absolute Gasteiger partial charge is 0.287 e. The van der Waals surface area contributed by atoms with Gasteiger partial charge >= 0.3 is 0 Å². The third kappa shape index (κ3) is 4.37. The number of thioether (sulfide) groups is 1. The zero-order valence-corrected chi connectivity index (χ0v) is 12.9. The Labute approximate surface area is 128 Å².